The van der Waals surface area contributed by atoms with Crippen LogP contribution in [0.1, 0.15) is 39.0 Å². The number of rotatable bonds is 4. The van der Waals surface area contributed by atoms with Crippen molar-refractivity contribution >= 4 is 0 Å². The highest BCUT2D eigenvalue weighted by Crippen LogP contribution is 2.50. The first kappa shape index (κ1) is 12.9. The molecule has 2 bridgehead atoms. The third-order valence-electron chi connectivity index (χ3n) is 5.48. The predicted octanol–water partition coefficient (Wildman–Crippen LogP) is 1.89. The van der Waals surface area contributed by atoms with Gasteiger partial charge in [-0.3, -0.25) is 4.90 Å². The normalized spacial score (nSPS) is 42.3. The van der Waals surface area contributed by atoms with Gasteiger partial charge in [-0.15, -0.1) is 0 Å². The second kappa shape index (κ2) is 5.48. The van der Waals surface area contributed by atoms with E-state index >= 15 is 0 Å². The molecule has 3 rings (SSSR count). The molecule has 1 saturated heterocycles. The van der Waals surface area contributed by atoms with E-state index in [9.17, 15) is 5.11 Å². The summed E-state index contributed by atoms with van der Waals surface area (Å²) in [5.74, 6) is 2.67. The molecule has 2 saturated carbocycles. The van der Waals surface area contributed by atoms with Crippen LogP contribution in [0.2, 0.25) is 0 Å². The maximum absolute atomic E-state index is 10.4. The first-order chi connectivity index (χ1) is 8.76. The lowest BCUT2D eigenvalue weighted by Gasteiger charge is -2.36. The highest BCUT2D eigenvalue weighted by Gasteiger charge is 2.41. The summed E-state index contributed by atoms with van der Waals surface area (Å²) in [4.78, 5) is 2.39. The zero-order chi connectivity index (χ0) is 12.5. The van der Waals surface area contributed by atoms with Gasteiger partial charge in [-0.25, -0.2) is 0 Å². The third kappa shape index (κ3) is 2.59. The number of aliphatic hydroxyl groups excluding tert-OH is 1. The van der Waals surface area contributed by atoms with Crippen LogP contribution in [-0.2, 0) is 4.74 Å². The van der Waals surface area contributed by atoms with Crippen molar-refractivity contribution in [3.8, 4) is 0 Å². The van der Waals surface area contributed by atoms with Gasteiger partial charge in [0.15, 0.2) is 0 Å². The summed E-state index contributed by atoms with van der Waals surface area (Å²) in [6.07, 6.45) is 6.44. The van der Waals surface area contributed by atoms with Gasteiger partial charge in [0.1, 0.15) is 0 Å². The molecule has 0 aromatic carbocycles. The summed E-state index contributed by atoms with van der Waals surface area (Å²) >= 11 is 0. The van der Waals surface area contributed by atoms with Crippen LogP contribution in [0.4, 0.5) is 0 Å². The van der Waals surface area contributed by atoms with E-state index in [0.29, 0.717) is 0 Å². The molecule has 5 unspecified atom stereocenters. The van der Waals surface area contributed by atoms with Crippen molar-refractivity contribution in [2.75, 3.05) is 26.2 Å². The predicted molar refractivity (Wildman–Crippen MR) is 71.4 cm³/mol. The van der Waals surface area contributed by atoms with Crippen LogP contribution in [-0.4, -0.2) is 48.5 Å². The molecule has 1 aliphatic heterocycles. The van der Waals surface area contributed by atoms with Crippen LogP contribution in [0.25, 0.3) is 0 Å². The Labute approximate surface area is 110 Å². The van der Waals surface area contributed by atoms with Gasteiger partial charge in [0.25, 0.3) is 0 Å². The fraction of sp³-hybridized carbons (Fsp3) is 1.00. The molecule has 3 heteroatoms. The van der Waals surface area contributed by atoms with Crippen molar-refractivity contribution in [1.82, 2.24) is 4.90 Å². The lowest BCUT2D eigenvalue weighted by atomic mass is 9.84. The van der Waals surface area contributed by atoms with Crippen LogP contribution >= 0.6 is 0 Å². The van der Waals surface area contributed by atoms with Crippen molar-refractivity contribution < 1.29 is 9.84 Å². The molecule has 0 spiro atoms. The van der Waals surface area contributed by atoms with Crippen LogP contribution in [0.15, 0.2) is 0 Å². The molecule has 3 nitrogen and oxygen atoms in total. The average Bonchev–Trinajstić information content (AvgIpc) is 3.01. The van der Waals surface area contributed by atoms with Gasteiger partial charge in [0, 0.05) is 13.1 Å². The number of fused-ring (bicyclic) bond motifs is 2. The van der Waals surface area contributed by atoms with E-state index in [1.54, 1.807) is 0 Å². The summed E-state index contributed by atoms with van der Waals surface area (Å²) in [6, 6.07) is 0. The fourth-order valence-corrected chi connectivity index (χ4v) is 4.38. The smallest absolute Gasteiger partial charge is 0.0961 e. The third-order valence-corrected chi connectivity index (χ3v) is 5.48. The standard InChI is InChI=1S/C15H27NO2/c1-2-16-5-6-18-15(10-16)14(17)9-13-8-11-3-4-12(13)7-11/h11-15,17H,2-10H2,1H3. The first-order valence-electron chi connectivity index (χ1n) is 7.78. The second-order valence-electron chi connectivity index (χ2n) is 6.54. The Kier molecular flexibility index (Phi) is 3.92. The zero-order valence-corrected chi connectivity index (χ0v) is 11.6. The largest absolute Gasteiger partial charge is 0.390 e. The van der Waals surface area contributed by atoms with Crippen LogP contribution in [0, 0.1) is 17.8 Å². The van der Waals surface area contributed by atoms with Crippen molar-refractivity contribution in [3.05, 3.63) is 0 Å². The summed E-state index contributed by atoms with van der Waals surface area (Å²) in [7, 11) is 0. The Bertz CT molecular complexity index is 284. The molecule has 5 atom stereocenters. The SMILES string of the molecule is CCN1CCOC(C(O)CC2CC3CCC2C3)C1. The Balaban J connectivity index is 1.50. The summed E-state index contributed by atoms with van der Waals surface area (Å²) < 4.78 is 5.77. The molecule has 0 aromatic rings. The molecular formula is C15H27NO2. The molecule has 0 radical (unpaired) electrons. The number of morpholine rings is 1. The van der Waals surface area contributed by atoms with Crippen LogP contribution < -0.4 is 0 Å². The van der Waals surface area contributed by atoms with E-state index in [1.165, 1.54) is 25.7 Å². The number of hydrogen-bond acceptors (Lipinski definition) is 3. The monoisotopic (exact) mass is 253 g/mol. The molecular weight excluding hydrogens is 226 g/mol. The highest BCUT2D eigenvalue weighted by molar-refractivity contribution is 4.92. The number of hydrogen-bond donors (Lipinski definition) is 1. The number of nitrogens with zero attached hydrogens (tertiary/aromatic N) is 1. The van der Waals surface area contributed by atoms with Gasteiger partial charge in [-0.2, -0.15) is 0 Å². The Morgan fingerprint density at radius 1 is 1.33 bits per heavy atom. The van der Waals surface area contributed by atoms with Crippen molar-refractivity contribution in [2.45, 2.75) is 51.2 Å². The van der Waals surface area contributed by atoms with E-state index in [-0.39, 0.29) is 12.2 Å². The molecule has 3 fully saturated rings. The van der Waals surface area contributed by atoms with Gasteiger partial charge in [0.2, 0.25) is 0 Å². The minimum atomic E-state index is -0.247. The molecule has 1 N–H and O–H groups in total. The van der Waals surface area contributed by atoms with Gasteiger partial charge >= 0.3 is 0 Å². The molecule has 1 heterocycles. The van der Waals surface area contributed by atoms with Crippen molar-refractivity contribution in [1.29, 1.82) is 0 Å². The lowest BCUT2D eigenvalue weighted by molar-refractivity contribution is -0.0946. The molecule has 2 aliphatic carbocycles. The maximum Gasteiger partial charge on any atom is 0.0961 e. The van der Waals surface area contributed by atoms with Crippen molar-refractivity contribution in [2.24, 2.45) is 17.8 Å². The molecule has 0 aromatic heterocycles. The molecule has 0 amide bonds. The maximum atomic E-state index is 10.4. The minimum absolute atomic E-state index is 0.0535. The topological polar surface area (TPSA) is 32.7 Å². The van der Waals surface area contributed by atoms with E-state index in [2.05, 4.69) is 11.8 Å². The Morgan fingerprint density at radius 2 is 2.22 bits per heavy atom. The van der Waals surface area contributed by atoms with Gasteiger partial charge in [0.05, 0.1) is 18.8 Å². The second-order valence-corrected chi connectivity index (χ2v) is 6.54. The highest BCUT2D eigenvalue weighted by atomic mass is 16.5. The van der Waals surface area contributed by atoms with Crippen LogP contribution in [0.3, 0.4) is 0 Å². The Morgan fingerprint density at radius 3 is 2.89 bits per heavy atom. The van der Waals surface area contributed by atoms with Crippen LogP contribution in [0.5, 0.6) is 0 Å². The quantitative estimate of drug-likeness (QED) is 0.830. The molecule has 3 aliphatic rings. The van der Waals surface area contributed by atoms with Crippen molar-refractivity contribution in [3.63, 3.8) is 0 Å². The molecule has 18 heavy (non-hydrogen) atoms. The van der Waals surface area contributed by atoms with Gasteiger partial charge in [-0.1, -0.05) is 13.3 Å². The zero-order valence-electron chi connectivity index (χ0n) is 11.6. The number of likely N-dealkylation sites (N-methyl/N-ethyl adjacent to an activating group) is 1. The fourth-order valence-electron chi connectivity index (χ4n) is 4.38. The number of ether oxygens (including phenoxy) is 1. The van der Waals surface area contributed by atoms with E-state index in [0.717, 1.165) is 50.4 Å². The summed E-state index contributed by atoms with van der Waals surface area (Å²) in [6.45, 7) is 5.98. The van der Waals surface area contributed by atoms with E-state index < -0.39 is 0 Å². The summed E-state index contributed by atoms with van der Waals surface area (Å²) in [5, 5.41) is 10.4. The average molecular weight is 253 g/mol. The Hall–Kier alpha value is -0.120. The van der Waals surface area contributed by atoms with Gasteiger partial charge < -0.3 is 9.84 Å². The first-order valence-corrected chi connectivity index (χ1v) is 7.78. The minimum Gasteiger partial charge on any atom is -0.390 e. The van der Waals surface area contributed by atoms with E-state index in [4.69, 9.17) is 4.74 Å². The molecule has 104 valence electrons. The number of aliphatic hydroxyl groups is 1. The van der Waals surface area contributed by atoms with Gasteiger partial charge in [-0.05, 0) is 50.0 Å². The summed E-state index contributed by atoms with van der Waals surface area (Å²) in [5.41, 5.74) is 0. The van der Waals surface area contributed by atoms with E-state index in [1.807, 2.05) is 0 Å². The lowest BCUT2D eigenvalue weighted by Crippen LogP contribution is -2.48.